The lowest BCUT2D eigenvalue weighted by Gasteiger charge is -2.17. The first-order chi connectivity index (χ1) is 6.38. The van der Waals surface area contributed by atoms with Gasteiger partial charge in [-0.1, -0.05) is 0 Å². The maximum Gasteiger partial charge on any atom is 0.239 e. The molecule has 6 heteroatoms. The number of hydrogen-bond donors (Lipinski definition) is 4. The molecule has 0 radical (unpaired) electrons. The lowest BCUT2D eigenvalue weighted by atomic mass is 10.1. The Bertz CT molecular complexity index is 322. The summed E-state index contributed by atoms with van der Waals surface area (Å²) in [5.41, 5.74) is 4.58. The molecule has 0 atom stereocenters. The average molecular weight is 198 g/mol. The van der Waals surface area contributed by atoms with Gasteiger partial charge in [0.25, 0.3) is 0 Å². The molecule has 0 aliphatic heterocycles. The SMILES string of the molecule is CC(C)(O)CNc1ncc(N)c(O)n1. The van der Waals surface area contributed by atoms with Gasteiger partial charge in [-0.2, -0.15) is 4.98 Å². The van der Waals surface area contributed by atoms with Gasteiger partial charge in [-0.15, -0.1) is 0 Å². The van der Waals surface area contributed by atoms with Crippen LogP contribution in [0.15, 0.2) is 6.20 Å². The predicted molar refractivity (Wildman–Crippen MR) is 52.9 cm³/mol. The molecular weight excluding hydrogens is 184 g/mol. The molecule has 1 aromatic rings. The van der Waals surface area contributed by atoms with Gasteiger partial charge >= 0.3 is 0 Å². The topological polar surface area (TPSA) is 104 Å². The molecule has 1 aromatic heterocycles. The van der Waals surface area contributed by atoms with E-state index in [2.05, 4.69) is 15.3 Å². The largest absolute Gasteiger partial charge is 0.492 e. The summed E-state index contributed by atoms with van der Waals surface area (Å²) in [7, 11) is 0. The summed E-state index contributed by atoms with van der Waals surface area (Å²) in [6.07, 6.45) is 1.30. The smallest absolute Gasteiger partial charge is 0.239 e. The number of aromatic nitrogens is 2. The molecule has 0 amide bonds. The third-order valence-corrected chi connectivity index (χ3v) is 1.48. The lowest BCUT2D eigenvalue weighted by molar-refractivity contribution is 0.0943. The van der Waals surface area contributed by atoms with Crippen molar-refractivity contribution in [2.45, 2.75) is 19.4 Å². The number of rotatable bonds is 3. The number of nitrogens with two attached hydrogens (primary N) is 1. The Morgan fingerprint density at radius 3 is 2.71 bits per heavy atom. The first-order valence-corrected chi connectivity index (χ1v) is 4.16. The fourth-order valence-electron chi connectivity index (χ4n) is 0.763. The van der Waals surface area contributed by atoms with Crippen molar-refractivity contribution in [3.05, 3.63) is 6.20 Å². The summed E-state index contributed by atoms with van der Waals surface area (Å²) in [4.78, 5) is 7.50. The Hall–Kier alpha value is -1.56. The molecule has 0 aliphatic carbocycles. The van der Waals surface area contributed by atoms with E-state index in [0.717, 1.165) is 0 Å². The molecule has 1 heterocycles. The highest BCUT2D eigenvalue weighted by atomic mass is 16.3. The molecule has 0 spiro atoms. The van der Waals surface area contributed by atoms with Crippen molar-refractivity contribution in [1.29, 1.82) is 0 Å². The van der Waals surface area contributed by atoms with Crippen LogP contribution in [0, 0.1) is 0 Å². The van der Waals surface area contributed by atoms with Crippen LogP contribution in [0.1, 0.15) is 13.8 Å². The van der Waals surface area contributed by atoms with E-state index in [0.29, 0.717) is 0 Å². The maximum absolute atomic E-state index is 9.40. The molecule has 0 unspecified atom stereocenters. The Balaban J connectivity index is 2.65. The fourth-order valence-corrected chi connectivity index (χ4v) is 0.763. The summed E-state index contributed by atoms with van der Waals surface area (Å²) in [5.74, 6) is -0.0305. The van der Waals surface area contributed by atoms with Crippen molar-refractivity contribution in [2.75, 3.05) is 17.6 Å². The van der Waals surface area contributed by atoms with Crippen LogP contribution in [0.2, 0.25) is 0 Å². The molecule has 78 valence electrons. The molecule has 0 fully saturated rings. The van der Waals surface area contributed by atoms with E-state index in [4.69, 9.17) is 10.8 Å². The second-order valence-corrected chi connectivity index (χ2v) is 3.64. The molecule has 0 saturated heterocycles. The van der Waals surface area contributed by atoms with Crippen LogP contribution in [0.25, 0.3) is 0 Å². The second-order valence-electron chi connectivity index (χ2n) is 3.64. The van der Waals surface area contributed by atoms with Crippen LogP contribution in [0.4, 0.5) is 11.6 Å². The molecule has 0 aliphatic rings. The van der Waals surface area contributed by atoms with Crippen LogP contribution in [0.5, 0.6) is 5.88 Å². The van der Waals surface area contributed by atoms with Gasteiger partial charge < -0.3 is 21.3 Å². The number of nitrogens with one attached hydrogen (secondary N) is 1. The van der Waals surface area contributed by atoms with Gasteiger partial charge in [-0.3, -0.25) is 0 Å². The van der Waals surface area contributed by atoms with Gasteiger partial charge in [0.05, 0.1) is 11.8 Å². The quantitative estimate of drug-likeness (QED) is 0.542. The highest BCUT2D eigenvalue weighted by Crippen LogP contribution is 2.16. The zero-order valence-corrected chi connectivity index (χ0v) is 8.15. The first kappa shape index (κ1) is 10.5. The second kappa shape index (κ2) is 3.67. The van der Waals surface area contributed by atoms with E-state index in [1.165, 1.54) is 6.20 Å². The minimum Gasteiger partial charge on any atom is -0.492 e. The Morgan fingerprint density at radius 1 is 1.57 bits per heavy atom. The van der Waals surface area contributed by atoms with E-state index in [-0.39, 0.29) is 24.1 Å². The predicted octanol–water partition coefficient (Wildman–Crippen LogP) is -0.0528. The molecule has 0 saturated carbocycles. The van der Waals surface area contributed by atoms with E-state index in [1.807, 2.05) is 0 Å². The van der Waals surface area contributed by atoms with Gasteiger partial charge in [0.1, 0.15) is 5.69 Å². The van der Waals surface area contributed by atoms with Gasteiger partial charge in [-0.05, 0) is 13.8 Å². The number of anilines is 2. The van der Waals surface area contributed by atoms with E-state index in [1.54, 1.807) is 13.8 Å². The number of nitrogens with zero attached hydrogens (tertiary/aromatic N) is 2. The van der Waals surface area contributed by atoms with Crippen LogP contribution in [0.3, 0.4) is 0 Å². The van der Waals surface area contributed by atoms with Crippen LogP contribution < -0.4 is 11.1 Å². The van der Waals surface area contributed by atoms with Crippen molar-refractivity contribution in [2.24, 2.45) is 0 Å². The van der Waals surface area contributed by atoms with Crippen molar-refractivity contribution >= 4 is 11.6 Å². The fraction of sp³-hybridized carbons (Fsp3) is 0.500. The Morgan fingerprint density at radius 2 is 2.21 bits per heavy atom. The monoisotopic (exact) mass is 198 g/mol. The maximum atomic E-state index is 9.40. The van der Waals surface area contributed by atoms with E-state index in [9.17, 15) is 5.11 Å². The number of hydrogen-bond acceptors (Lipinski definition) is 6. The van der Waals surface area contributed by atoms with Gasteiger partial charge in [0.2, 0.25) is 11.8 Å². The molecule has 6 nitrogen and oxygen atoms in total. The Labute approximate surface area is 81.8 Å². The molecule has 14 heavy (non-hydrogen) atoms. The highest BCUT2D eigenvalue weighted by Gasteiger charge is 2.12. The highest BCUT2D eigenvalue weighted by molar-refractivity contribution is 5.47. The third kappa shape index (κ3) is 3.06. The summed E-state index contributed by atoms with van der Waals surface area (Å²) < 4.78 is 0. The number of nitrogen functional groups attached to an aromatic ring is 1. The summed E-state index contributed by atoms with van der Waals surface area (Å²) in [6, 6.07) is 0. The van der Waals surface area contributed by atoms with Crippen molar-refractivity contribution < 1.29 is 10.2 Å². The molecule has 5 N–H and O–H groups in total. The van der Waals surface area contributed by atoms with Gasteiger partial charge in [0.15, 0.2) is 0 Å². The molecule has 1 rings (SSSR count). The van der Waals surface area contributed by atoms with Gasteiger partial charge in [-0.25, -0.2) is 4.98 Å². The summed E-state index contributed by atoms with van der Waals surface area (Å²) >= 11 is 0. The average Bonchev–Trinajstić information content (AvgIpc) is 2.06. The zero-order valence-electron chi connectivity index (χ0n) is 8.15. The van der Waals surface area contributed by atoms with Gasteiger partial charge in [0, 0.05) is 6.54 Å². The number of aromatic hydroxyl groups is 1. The third-order valence-electron chi connectivity index (χ3n) is 1.48. The Kier molecular flexibility index (Phi) is 2.76. The van der Waals surface area contributed by atoms with Crippen LogP contribution in [-0.2, 0) is 0 Å². The normalized spacial score (nSPS) is 11.4. The van der Waals surface area contributed by atoms with E-state index < -0.39 is 5.60 Å². The molecule has 0 bridgehead atoms. The van der Waals surface area contributed by atoms with Crippen LogP contribution >= 0.6 is 0 Å². The standard InChI is InChI=1S/C8H14N4O2/c1-8(2,14)4-11-7-10-3-5(9)6(13)12-7/h3,14H,4,9H2,1-2H3,(H2,10,11,12,13). The number of aliphatic hydroxyl groups is 1. The summed E-state index contributed by atoms with van der Waals surface area (Å²) in [6.45, 7) is 3.59. The molecular formula is C8H14N4O2. The molecule has 0 aromatic carbocycles. The van der Waals surface area contributed by atoms with E-state index >= 15 is 0 Å². The minimum absolute atomic E-state index is 0.124. The first-order valence-electron chi connectivity index (χ1n) is 4.16. The van der Waals surface area contributed by atoms with Crippen molar-refractivity contribution in [3.63, 3.8) is 0 Å². The van der Waals surface area contributed by atoms with Crippen LogP contribution in [-0.4, -0.2) is 32.3 Å². The zero-order chi connectivity index (χ0) is 10.8. The van der Waals surface area contributed by atoms with Crippen molar-refractivity contribution in [1.82, 2.24) is 9.97 Å². The summed E-state index contributed by atoms with van der Waals surface area (Å²) in [5, 5.41) is 21.3. The lowest BCUT2D eigenvalue weighted by Crippen LogP contribution is -2.29. The minimum atomic E-state index is -0.861. The van der Waals surface area contributed by atoms with Crippen molar-refractivity contribution in [3.8, 4) is 5.88 Å².